The van der Waals surface area contributed by atoms with Crippen molar-refractivity contribution >= 4 is 16.9 Å². The number of imidazole rings is 1. The Balaban J connectivity index is 1.36. The molecule has 4 atom stereocenters. The molecule has 3 aromatic rings. The molecule has 5 rings (SSSR count). The summed E-state index contributed by atoms with van der Waals surface area (Å²) >= 11 is 0. The molecule has 1 radical (unpaired) electrons. The summed E-state index contributed by atoms with van der Waals surface area (Å²) in [6, 6.07) is 15.8. The van der Waals surface area contributed by atoms with Crippen molar-refractivity contribution in [3.63, 3.8) is 0 Å². The van der Waals surface area contributed by atoms with E-state index in [1.807, 2.05) is 25.3 Å². The zero-order chi connectivity index (χ0) is 23.1. The third kappa shape index (κ3) is 3.96. The van der Waals surface area contributed by atoms with Crippen LogP contribution in [0.25, 0.3) is 11.0 Å². The average Bonchev–Trinajstić information content (AvgIpc) is 3.36. The number of benzene rings is 2. The molecule has 1 fully saturated rings. The number of carbonyl (C=O) groups excluding carboxylic acids is 1. The van der Waals surface area contributed by atoms with Crippen LogP contribution < -0.4 is 5.73 Å². The topological polar surface area (TPSA) is 73.4 Å². The van der Waals surface area contributed by atoms with Crippen molar-refractivity contribution in [2.24, 2.45) is 11.7 Å². The molecule has 6 nitrogen and oxygen atoms in total. The van der Waals surface area contributed by atoms with Gasteiger partial charge in [0.1, 0.15) is 5.82 Å². The van der Waals surface area contributed by atoms with Crippen LogP contribution in [0, 0.1) is 18.9 Å². The lowest BCUT2D eigenvalue weighted by atomic mass is 9.90. The second-order valence-electron chi connectivity index (χ2n) is 9.60. The van der Waals surface area contributed by atoms with Crippen LogP contribution in [-0.2, 0) is 22.4 Å². The van der Waals surface area contributed by atoms with Gasteiger partial charge in [-0.25, -0.2) is 4.98 Å². The van der Waals surface area contributed by atoms with Crippen molar-refractivity contribution in [1.29, 1.82) is 0 Å². The minimum atomic E-state index is -0.226. The van der Waals surface area contributed by atoms with Crippen LogP contribution in [-0.4, -0.2) is 53.2 Å². The highest BCUT2D eigenvalue weighted by Gasteiger charge is 2.39. The van der Waals surface area contributed by atoms with Crippen molar-refractivity contribution in [3.8, 4) is 0 Å². The highest BCUT2D eigenvalue weighted by Crippen LogP contribution is 2.39. The molecule has 2 aromatic carbocycles. The normalized spacial score (nSPS) is 25.4. The maximum Gasteiger partial charge on any atom is 0.225 e. The minimum absolute atomic E-state index is 0.0619. The van der Waals surface area contributed by atoms with E-state index in [1.54, 1.807) is 0 Å². The molecular weight excluding hydrogens is 412 g/mol. The summed E-state index contributed by atoms with van der Waals surface area (Å²) in [5.74, 6) is 0.870. The lowest BCUT2D eigenvalue weighted by Crippen LogP contribution is -2.48. The van der Waals surface area contributed by atoms with Crippen molar-refractivity contribution < 1.29 is 9.53 Å². The molecule has 1 saturated heterocycles. The Morgan fingerprint density at radius 1 is 1.33 bits per heavy atom. The molecule has 2 N–H and O–H groups in total. The van der Waals surface area contributed by atoms with Gasteiger partial charge in [0, 0.05) is 33.2 Å². The average molecular weight is 446 g/mol. The largest absolute Gasteiger partial charge is 0.378 e. The second kappa shape index (κ2) is 8.92. The fourth-order valence-electron chi connectivity index (χ4n) is 6.04. The number of aromatic nitrogens is 2. The fourth-order valence-corrected chi connectivity index (χ4v) is 6.04. The number of methoxy groups -OCH3 is 1. The number of nitrogens with zero attached hydrogens (tertiary/aromatic N) is 3. The maximum atomic E-state index is 12.3. The Labute approximate surface area is 195 Å². The Morgan fingerprint density at radius 2 is 2.18 bits per heavy atom. The molecular formula is C27H33N4O2. The number of amides is 1. The van der Waals surface area contributed by atoms with Gasteiger partial charge < -0.3 is 19.9 Å². The van der Waals surface area contributed by atoms with E-state index in [-0.39, 0.29) is 29.9 Å². The van der Waals surface area contributed by atoms with Crippen molar-refractivity contribution in [2.75, 3.05) is 26.7 Å². The highest BCUT2D eigenvalue weighted by atomic mass is 16.5. The van der Waals surface area contributed by atoms with Gasteiger partial charge in [0.2, 0.25) is 5.91 Å². The van der Waals surface area contributed by atoms with Gasteiger partial charge in [-0.3, -0.25) is 4.79 Å². The van der Waals surface area contributed by atoms with Gasteiger partial charge in [0.05, 0.1) is 29.1 Å². The number of fused-ring (bicyclic) bond motifs is 2. The first kappa shape index (κ1) is 22.1. The molecule has 1 amide bonds. The van der Waals surface area contributed by atoms with Gasteiger partial charge >= 0.3 is 0 Å². The first-order valence-electron chi connectivity index (χ1n) is 12.0. The number of carbonyl (C=O) groups is 1. The number of aryl methyl sites for hydroxylation is 2. The SMILES string of the molecule is CCc1nc2cc(C)ccc2n1C1CCN(CC2Cc3c[c]ccc3C2C(N)=O)CC1OC. The van der Waals surface area contributed by atoms with Crippen LogP contribution in [0.4, 0.5) is 0 Å². The molecule has 0 saturated carbocycles. The zero-order valence-corrected chi connectivity index (χ0v) is 19.8. The highest BCUT2D eigenvalue weighted by molar-refractivity contribution is 5.83. The van der Waals surface area contributed by atoms with Gasteiger partial charge in [-0.2, -0.15) is 0 Å². The quantitative estimate of drug-likeness (QED) is 0.631. The number of primary amides is 1. The van der Waals surface area contributed by atoms with Crippen molar-refractivity contribution in [2.45, 2.75) is 51.2 Å². The lowest BCUT2D eigenvalue weighted by Gasteiger charge is -2.40. The summed E-state index contributed by atoms with van der Waals surface area (Å²) < 4.78 is 8.45. The van der Waals surface area contributed by atoms with E-state index in [9.17, 15) is 4.79 Å². The van der Waals surface area contributed by atoms with E-state index < -0.39 is 0 Å². The Bertz CT molecular complexity index is 1170. The van der Waals surface area contributed by atoms with E-state index in [1.165, 1.54) is 16.6 Å². The molecule has 2 aliphatic rings. The molecule has 33 heavy (non-hydrogen) atoms. The number of ether oxygens (including phenoxy) is 1. The van der Waals surface area contributed by atoms with Crippen molar-refractivity contribution in [3.05, 3.63) is 65.0 Å². The number of likely N-dealkylation sites (tertiary alicyclic amines) is 1. The monoisotopic (exact) mass is 445 g/mol. The predicted octanol–water partition coefficient (Wildman–Crippen LogP) is 3.41. The third-order valence-corrected chi connectivity index (χ3v) is 7.55. The third-order valence-electron chi connectivity index (χ3n) is 7.55. The number of hydrogen-bond acceptors (Lipinski definition) is 4. The van der Waals surface area contributed by atoms with Gasteiger partial charge in [0.15, 0.2) is 0 Å². The lowest BCUT2D eigenvalue weighted by molar-refractivity contribution is -0.120. The van der Waals surface area contributed by atoms with Crippen LogP contribution in [0.2, 0.25) is 0 Å². The van der Waals surface area contributed by atoms with Gasteiger partial charge in [0.25, 0.3) is 0 Å². The van der Waals surface area contributed by atoms with E-state index in [0.29, 0.717) is 0 Å². The smallest absolute Gasteiger partial charge is 0.225 e. The number of rotatable bonds is 6. The fraction of sp³-hybridized carbons (Fsp3) is 0.481. The van der Waals surface area contributed by atoms with Gasteiger partial charge in [-0.15, -0.1) is 0 Å². The van der Waals surface area contributed by atoms with E-state index in [2.05, 4.69) is 47.6 Å². The first-order chi connectivity index (χ1) is 16.0. The standard InChI is InChI=1S/C27H33N4O2/c1-4-25-29-21-13-17(2)9-10-22(21)31(25)23-11-12-30(16-24(23)33-3)15-19-14-18-7-5-6-8-20(18)26(19)27(28)32/h6-10,13,19,23-24,26H,4,11-12,14-16H2,1-3H3,(H2,28,32). The Kier molecular flexibility index (Phi) is 5.97. The summed E-state index contributed by atoms with van der Waals surface area (Å²) in [5, 5.41) is 0. The van der Waals surface area contributed by atoms with Crippen molar-refractivity contribution in [1.82, 2.24) is 14.5 Å². The molecule has 2 heterocycles. The molecule has 173 valence electrons. The predicted molar refractivity (Wildman–Crippen MR) is 129 cm³/mol. The summed E-state index contributed by atoms with van der Waals surface area (Å²) in [6.07, 6.45) is 2.82. The molecule has 0 spiro atoms. The number of nitrogens with two attached hydrogens (primary N) is 1. The number of hydrogen-bond donors (Lipinski definition) is 1. The van der Waals surface area contributed by atoms with E-state index in [4.69, 9.17) is 15.5 Å². The van der Waals surface area contributed by atoms with E-state index >= 15 is 0 Å². The Hall–Kier alpha value is -2.70. The van der Waals surface area contributed by atoms with Crippen LogP contribution in [0.1, 0.15) is 47.8 Å². The van der Waals surface area contributed by atoms with Crippen LogP contribution in [0.5, 0.6) is 0 Å². The van der Waals surface area contributed by atoms with Crippen LogP contribution >= 0.6 is 0 Å². The summed E-state index contributed by atoms with van der Waals surface area (Å²) in [6.45, 7) is 6.92. The van der Waals surface area contributed by atoms with Crippen LogP contribution in [0.15, 0.2) is 36.4 Å². The van der Waals surface area contributed by atoms with Gasteiger partial charge in [-0.05, 0) is 60.6 Å². The molecule has 1 aliphatic heterocycles. The molecule has 1 aromatic heterocycles. The van der Waals surface area contributed by atoms with Gasteiger partial charge in [-0.1, -0.05) is 31.2 Å². The summed E-state index contributed by atoms with van der Waals surface area (Å²) in [5.41, 5.74) is 11.6. The molecule has 6 heteroatoms. The van der Waals surface area contributed by atoms with E-state index in [0.717, 1.165) is 55.8 Å². The number of piperidine rings is 1. The zero-order valence-electron chi connectivity index (χ0n) is 19.8. The summed E-state index contributed by atoms with van der Waals surface area (Å²) in [4.78, 5) is 19.7. The second-order valence-corrected chi connectivity index (χ2v) is 9.60. The maximum absolute atomic E-state index is 12.3. The first-order valence-corrected chi connectivity index (χ1v) is 12.0. The Morgan fingerprint density at radius 3 is 2.94 bits per heavy atom. The molecule has 1 aliphatic carbocycles. The summed E-state index contributed by atoms with van der Waals surface area (Å²) in [7, 11) is 1.81. The molecule has 0 bridgehead atoms. The molecule has 4 unspecified atom stereocenters. The van der Waals surface area contributed by atoms with Crippen LogP contribution in [0.3, 0.4) is 0 Å². The minimum Gasteiger partial charge on any atom is -0.378 e.